The van der Waals surface area contributed by atoms with Crippen molar-refractivity contribution in [2.75, 3.05) is 0 Å². The van der Waals surface area contributed by atoms with Crippen LogP contribution in [0.25, 0.3) is 0 Å². The zero-order valence-corrected chi connectivity index (χ0v) is 15.8. The Morgan fingerprint density at radius 3 is 0.389 bits per heavy atom. The zero-order valence-electron chi connectivity index (χ0n) is 11.7. The summed E-state index contributed by atoms with van der Waals surface area (Å²) in [5.41, 5.74) is 39.1. The molecule has 0 bridgehead atoms. The van der Waals surface area contributed by atoms with Gasteiger partial charge in [0.1, 0.15) is 0 Å². The minimum atomic E-state index is -0.167. The average Bonchev–Trinajstić information content (AvgIpc) is 1.76. The Labute approximate surface area is 140 Å². The minimum absolute atomic E-state index is 0. The van der Waals surface area contributed by atoms with Crippen LogP contribution < -0.4 is 45.9 Å². The van der Waals surface area contributed by atoms with Gasteiger partial charge in [-0.1, -0.05) is 0 Å². The summed E-state index contributed by atoms with van der Waals surface area (Å²) in [6.07, 6.45) is -0.667. The molecule has 116 valence electrons. The molecular formula is C8H32Mo2N8. The van der Waals surface area contributed by atoms with Gasteiger partial charge in [-0.25, -0.2) is 0 Å². The molecule has 0 radical (unpaired) electrons. The first-order valence-electron chi connectivity index (χ1n) is 4.98. The Morgan fingerprint density at radius 1 is 0.389 bits per heavy atom. The van der Waals surface area contributed by atoms with Crippen molar-refractivity contribution in [1.82, 2.24) is 0 Å². The van der Waals surface area contributed by atoms with E-state index in [1.54, 1.807) is 27.7 Å². The minimum Gasteiger partial charge on any atom is -0.316 e. The van der Waals surface area contributed by atoms with Crippen LogP contribution >= 0.6 is 0 Å². The molecule has 0 saturated carbocycles. The molecule has 0 aromatic rings. The van der Waals surface area contributed by atoms with Gasteiger partial charge in [-0.3, -0.25) is 0 Å². The van der Waals surface area contributed by atoms with Gasteiger partial charge in [-0.15, -0.1) is 0 Å². The van der Waals surface area contributed by atoms with Crippen LogP contribution in [0.5, 0.6) is 0 Å². The van der Waals surface area contributed by atoms with Crippen LogP contribution in [0, 0.1) is 0 Å². The maximum absolute atomic E-state index is 4.89. The van der Waals surface area contributed by atoms with Crippen molar-refractivity contribution in [3.63, 3.8) is 0 Å². The standard InChI is InChI=1S/4C2H8N2.2Mo/c4*1-2(3)4;;/h4*2H,3-4H2,1H3;;. The molecular weight excluding hydrogens is 400 g/mol. The fourth-order valence-electron chi connectivity index (χ4n) is 0. The molecule has 10 heteroatoms. The molecule has 0 aromatic carbocycles. The van der Waals surface area contributed by atoms with Crippen molar-refractivity contribution in [1.29, 1.82) is 0 Å². The maximum Gasteiger partial charge on any atom is 0.0491 e. The summed E-state index contributed by atoms with van der Waals surface area (Å²) < 4.78 is 0. The van der Waals surface area contributed by atoms with Crippen LogP contribution in [0.15, 0.2) is 0 Å². The molecule has 8 nitrogen and oxygen atoms in total. The van der Waals surface area contributed by atoms with Gasteiger partial charge in [-0.2, -0.15) is 0 Å². The first-order chi connectivity index (χ1) is 6.93. The monoisotopic (exact) mass is 436 g/mol. The molecule has 0 aliphatic heterocycles. The van der Waals surface area contributed by atoms with Crippen LogP contribution in [-0.4, -0.2) is 24.7 Å². The second-order valence-corrected chi connectivity index (χ2v) is 3.44. The third-order valence-electron chi connectivity index (χ3n) is 0. The second kappa shape index (κ2) is 30.8. The SMILES string of the molecule is CC(N)N.CC(N)N.CC(N)N.CC(N)N.[Mo].[Mo]. The van der Waals surface area contributed by atoms with Crippen molar-refractivity contribution in [3.8, 4) is 0 Å². The van der Waals surface area contributed by atoms with E-state index in [9.17, 15) is 0 Å². The largest absolute Gasteiger partial charge is 0.316 e. The Bertz CT molecular complexity index is 68.1. The third kappa shape index (κ3) is 3940. The van der Waals surface area contributed by atoms with Crippen LogP contribution in [0.4, 0.5) is 0 Å². The molecule has 0 fully saturated rings. The molecule has 0 spiro atoms. The second-order valence-electron chi connectivity index (χ2n) is 3.44. The van der Waals surface area contributed by atoms with Gasteiger partial charge in [0.15, 0.2) is 0 Å². The fourth-order valence-corrected chi connectivity index (χ4v) is 0. The third-order valence-corrected chi connectivity index (χ3v) is 0. The van der Waals surface area contributed by atoms with Gasteiger partial charge in [0.25, 0.3) is 0 Å². The Balaban J connectivity index is -0.0000000257. The van der Waals surface area contributed by atoms with Crippen molar-refractivity contribution >= 4 is 0 Å². The molecule has 0 saturated heterocycles. The van der Waals surface area contributed by atoms with E-state index >= 15 is 0 Å². The number of nitrogens with two attached hydrogens (primary N) is 8. The molecule has 0 rings (SSSR count). The first kappa shape index (κ1) is 36.4. The first-order valence-corrected chi connectivity index (χ1v) is 4.98. The summed E-state index contributed by atoms with van der Waals surface area (Å²) in [6.45, 7) is 6.89. The average molecular weight is 432 g/mol. The fraction of sp³-hybridized carbons (Fsp3) is 1.00. The molecule has 0 aliphatic rings. The quantitative estimate of drug-likeness (QED) is 0.146. The van der Waals surface area contributed by atoms with Gasteiger partial charge in [0.2, 0.25) is 0 Å². The summed E-state index contributed by atoms with van der Waals surface area (Å²) >= 11 is 0. The van der Waals surface area contributed by atoms with Gasteiger partial charge < -0.3 is 45.9 Å². The zero-order chi connectivity index (χ0) is 14.3. The molecule has 16 N–H and O–H groups in total. The van der Waals surface area contributed by atoms with Gasteiger partial charge in [0, 0.05) is 66.8 Å². The van der Waals surface area contributed by atoms with Crippen LogP contribution in [-0.2, 0) is 42.1 Å². The normalized spacial score (nSPS) is 8.00. The van der Waals surface area contributed by atoms with E-state index in [1.165, 1.54) is 0 Å². The van der Waals surface area contributed by atoms with E-state index in [-0.39, 0.29) is 66.8 Å². The summed E-state index contributed by atoms with van der Waals surface area (Å²) in [7, 11) is 0. The van der Waals surface area contributed by atoms with E-state index in [2.05, 4.69) is 0 Å². The molecule has 0 unspecified atom stereocenters. The number of hydrogen-bond acceptors (Lipinski definition) is 8. The van der Waals surface area contributed by atoms with Crippen molar-refractivity contribution < 1.29 is 42.1 Å². The smallest absolute Gasteiger partial charge is 0.0491 e. The Morgan fingerprint density at radius 2 is 0.389 bits per heavy atom. The van der Waals surface area contributed by atoms with Gasteiger partial charge >= 0.3 is 0 Å². The Kier molecular flexibility index (Phi) is 62.4. The summed E-state index contributed by atoms with van der Waals surface area (Å²) in [5.74, 6) is 0. The number of hydrogen-bond donors (Lipinski definition) is 8. The van der Waals surface area contributed by atoms with E-state index in [0.29, 0.717) is 0 Å². The number of rotatable bonds is 0. The molecule has 18 heavy (non-hydrogen) atoms. The molecule has 0 aromatic heterocycles. The van der Waals surface area contributed by atoms with E-state index in [1.807, 2.05) is 0 Å². The van der Waals surface area contributed by atoms with Crippen molar-refractivity contribution in [3.05, 3.63) is 0 Å². The molecule has 0 heterocycles. The summed E-state index contributed by atoms with van der Waals surface area (Å²) in [4.78, 5) is 0. The summed E-state index contributed by atoms with van der Waals surface area (Å²) in [6, 6.07) is 0. The van der Waals surface area contributed by atoms with E-state index in [0.717, 1.165) is 0 Å². The molecule has 0 amide bonds. The van der Waals surface area contributed by atoms with E-state index in [4.69, 9.17) is 45.9 Å². The molecule has 0 atom stereocenters. The maximum atomic E-state index is 4.89. The van der Waals surface area contributed by atoms with Crippen LogP contribution in [0.3, 0.4) is 0 Å². The topological polar surface area (TPSA) is 208 Å². The van der Waals surface area contributed by atoms with Gasteiger partial charge in [-0.05, 0) is 27.7 Å². The van der Waals surface area contributed by atoms with Crippen LogP contribution in [0.1, 0.15) is 27.7 Å². The van der Waals surface area contributed by atoms with Gasteiger partial charge in [0.05, 0.1) is 0 Å². The predicted octanol–water partition coefficient (Wildman–Crippen LogP) is -3.01. The predicted molar refractivity (Wildman–Crippen MR) is 71.3 cm³/mol. The van der Waals surface area contributed by atoms with Crippen molar-refractivity contribution in [2.24, 2.45) is 45.9 Å². The van der Waals surface area contributed by atoms with E-state index < -0.39 is 0 Å². The van der Waals surface area contributed by atoms with Crippen LogP contribution in [0.2, 0.25) is 0 Å². The molecule has 0 aliphatic carbocycles. The Hall–Kier alpha value is 1.06. The summed E-state index contributed by atoms with van der Waals surface area (Å²) in [5, 5.41) is 0. The van der Waals surface area contributed by atoms with Crippen molar-refractivity contribution in [2.45, 2.75) is 52.4 Å².